The van der Waals surface area contributed by atoms with Gasteiger partial charge in [-0.15, -0.1) is 0 Å². The van der Waals surface area contributed by atoms with Gasteiger partial charge < -0.3 is 5.73 Å². The number of aryl methyl sites for hydroxylation is 1. The van der Waals surface area contributed by atoms with E-state index in [9.17, 15) is 8.42 Å². The van der Waals surface area contributed by atoms with Gasteiger partial charge in [0.15, 0.2) is 0 Å². The van der Waals surface area contributed by atoms with Crippen LogP contribution in [0, 0.1) is 6.92 Å². The van der Waals surface area contributed by atoms with E-state index >= 15 is 0 Å². The predicted molar refractivity (Wildman–Crippen MR) is 76.3 cm³/mol. The Morgan fingerprint density at radius 2 is 2.16 bits per heavy atom. The molecule has 106 valence electrons. The molecule has 0 spiro atoms. The lowest BCUT2D eigenvalue weighted by atomic mass is 10.1. The van der Waals surface area contributed by atoms with Crippen LogP contribution in [-0.4, -0.2) is 25.3 Å². The van der Waals surface area contributed by atoms with Crippen LogP contribution < -0.4 is 5.73 Å². The SMILES string of the molecule is CCC1CCCN1S(=O)(=O)c1ccc(CN)c(C)c1. The van der Waals surface area contributed by atoms with Crippen LogP contribution in [0.1, 0.15) is 37.3 Å². The smallest absolute Gasteiger partial charge is 0.243 e. The second kappa shape index (κ2) is 5.61. The topological polar surface area (TPSA) is 63.4 Å². The van der Waals surface area contributed by atoms with Crippen LogP contribution in [0.3, 0.4) is 0 Å². The Kier molecular flexibility index (Phi) is 4.28. The Hall–Kier alpha value is -0.910. The van der Waals surface area contributed by atoms with Crippen molar-refractivity contribution in [2.45, 2.75) is 50.6 Å². The summed E-state index contributed by atoms with van der Waals surface area (Å²) in [6.45, 7) is 5.02. The summed E-state index contributed by atoms with van der Waals surface area (Å²) in [5.41, 5.74) is 7.55. The van der Waals surface area contributed by atoms with Crippen molar-refractivity contribution in [1.29, 1.82) is 0 Å². The van der Waals surface area contributed by atoms with E-state index < -0.39 is 10.0 Å². The predicted octanol–water partition coefficient (Wildman–Crippen LogP) is 2.02. The molecule has 1 fully saturated rings. The summed E-state index contributed by atoms with van der Waals surface area (Å²) in [6, 6.07) is 5.39. The van der Waals surface area contributed by atoms with Crippen molar-refractivity contribution < 1.29 is 8.42 Å². The number of nitrogens with two attached hydrogens (primary N) is 1. The lowest BCUT2D eigenvalue weighted by Crippen LogP contribution is -2.35. The van der Waals surface area contributed by atoms with Gasteiger partial charge in [-0.1, -0.05) is 13.0 Å². The third-order valence-corrected chi connectivity index (χ3v) is 5.88. The lowest BCUT2D eigenvalue weighted by Gasteiger charge is -2.23. The number of sulfonamides is 1. The first-order valence-electron chi connectivity index (χ1n) is 6.82. The summed E-state index contributed by atoms with van der Waals surface area (Å²) in [4.78, 5) is 0.391. The molecule has 1 unspecified atom stereocenters. The molecule has 0 saturated carbocycles. The van der Waals surface area contributed by atoms with E-state index in [4.69, 9.17) is 5.73 Å². The van der Waals surface area contributed by atoms with Gasteiger partial charge in [-0.3, -0.25) is 0 Å². The molecular weight excluding hydrogens is 260 g/mol. The molecule has 0 bridgehead atoms. The normalized spacial score (nSPS) is 20.9. The fraction of sp³-hybridized carbons (Fsp3) is 0.571. The van der Waals surface area contributed by atoms with Crippen LogP contribution in [0.15, 0.2) is 23.1 Å². The number of nitrogens with zero attached hydrogens (tertiary/aromatic N) is 1. The van der Waals surface area contributed by atoms with Crippen LogP contribution in [0.5, 0.6) is 0 Å². The Morgan fingerprint density at radius 3 is 2.74 bits per heavy atom. The van der Waals surface area contributed by atoms with E-state index in [2.05, 4.69) is 0 Å². The van der Waals surface area contributed by atoms with Gasteiger partial charge in [-0.05, 0) is 49.4 Å². The van der Waals surface area contributed by atoms with Gasteiger partial charge in [0.25, 0.3) is 0 Å². The van der Waals surface area contributed by atoms with E-state index in [0.717, 1.165) is 30.4 Å². The van der Waals surface area contributed by atoms with Gasteiger partial charge >= 0.3 is 0 Å². The van der Waals surface area contributed by atoms with Crippen molar-refractivity contribution in [2.75, 3.05) is 6.54 Å². The van der Waals surface area contributed by atoms with Crippen LogP contribution in [-0.2, 0) is 16.6 Å². The quantitative estimate of drug-likeness (QED) is 0.919. The number of hydrogen-bond donors (Lipinski definition) is 1. The molecule has 1 atom stereocenters. The molecule has 1 aliphatic rings. The van der Waals surface area contributed by atoms with Crippen molar-refractivity contribution >= 4 is 10.0 Å². The highest BCUT2D eigenvalue weighted by atomic mass is 32.2. The van der Waals surface area contributed by atoms with Crippen LogP contribution in [0.4, 0.5) is 0 Å². The van der Waals surface area contributed by atoms with Gasteiger partial charge in [0.05, 0.1) is 4.90 Å². The molecule has 0 aromatic heterocycles. The molecular formula is C14H22N2O2S. The first-order valence-corrected chi connectivity index (χ1v) is 8.26. The molecule has 1 saturated heterocycles. The molecule has 5 heteroatoms. The molecule has 2 N–H and O–H groups in total. The summed E-state index contributed by atoms with van der Waals surface area (Å²) in [7, 11) is -3.35. The van der Waals surface area contributed by atoms with Crippen molar-refractivity contribution in [3.63, 3.8) is 0 Å². The fourth-order valence-electron chi connectivity index (χ4n) is 2.73. The highest BCUT2D eigenvalue weighted by Crippen LogP contribution is 2.28. The number of rotatable bonds is 4. The Morgan fingerprint density at radius 1 is 1.42 bits per heavy atom. The van der Waals surface area contributed by atoms with E-state index in [1.807, 2.05) is 19.9 Å². The summed E-state index contributed by atoms with van der Waals surface area (Å²) in [5, 5.41) is 0. The maximum Gasteiger partial charge on any atom is 0.243 e. The van der Waals surface area contributed by atoms with E-state index in [1.54, 1.807) is 16.4 Å². The summed E-state index contributed by atoms with van der Waals surface area (Å²) in [5.74, 6) is 0. The lowest BCUT2D eigenvalue weighted by molar-refractivity contribution is 0.379. The minimum absolute atomic E-state index is 0.152. The van der Waals surface area contributed by atoms with Crippen molar-refractivity contribution in [2.24, 2.45) is 5.73 Å². The van der Waals surface area contributed by atoms with Crippen LogP contribution in [0.2, 0.25) is 0 Å². The standard InChI is InChI=1S/C14H22N2O2S/c1-3-13-5-4-8-16(13)19(17,18)14-7-6-12(10-15)11(2)9-14/h6-7,9,13H,3-5,8,10,15H2,1-2H3. The van der Waals surface area contributed by atoms with Gasteiger partial charge in [-0.25, -0.2) is 8.42 Å². The minimum atomic E-state index is -3.35. The number of benzene rings is 1. The average Bonchev–Trinajstić information content (AvgIpc) is 2.87. The molecule has 1 aliphatic heterocycles. The van der Waals surface area contributed by atoms with E-state index in [-0.39, 0.29) is 6.04 Å². The summed E-state index contributed by atoms with van der Waals surface area (Å²) >= 11 is 0. The monoisotopic (exact) mass is 282 g/mol. The molecule has 2 rings (SSSR count). The van der Waals surface area contributed by atoms with Gasteiger partial charge in [-0.2, -0.15) is 4.31 Å². The zero-order valence-corrected chi connectivity index (χ0v) is 12.4. The van der Waals surface area contributed by atoms with Gasteiger partial charge in [0.1, 0.15) is 0 Å². The first kappa shape index (κ1) is 14.5. The largest absolute Gasteiger partial charge is 0.326 e. The first-order chi connectivity index (χ1) is 9.00. The molecule has 1 heterocycles. The van der Waals surface area contributed by atoms with E-state index in [1.165, 1.54) is 0 Å². The second-order valence-corrected chi connectivity index (χ2v) is 7.00. The highest BCUT2D eigenvalue weighted by molar-refractivity contribution is 7.89. The molecule has 19 heavy (non-hydrogen) atoms. The fourth-order valence-corrected chi connectivity index (χ4v) is 4.58. The summed E-state index contributed by atoms with van der Waals surface area (Å²) < 4.78 is 27.0. The molecule has 4 nitrogen and oxygen atoms in total. The highest BCUT2D eigenvalue weighted by Gasteiger charge is 2.34. The van der Waals surface area contributed by atoms with Gasteiger partial charge in [0.2, 0.25) is 10.0 Å². The van der Waals surface area contributed by atoms with Crippen molar-refractivity contribution in [1.82, 2.24) is 4.31 Å². The van der Waals surface area contributed by atoms with Crippen LogP contribution in [0.25, 0.3) is 0 Å². The Labute approximate surface area is 115 Å². The molecule has 1 aromatic rings. The Bertz CT molecular complexity index is 555. The zero-order chi connectivity index (χ0) is 14.0. The minimum Gasteiger partial charge on any atom is -0.326 e. The van der Waals surface area contributed by atoms with E-state index in [0.29, 0.717) is 18.0 Å². The van der Waals surface area contributed by atoms with Crippen molar-refractivity contribution in [3.8, 4) is 0 Å². The maximum atomic E-state index is 12.7. The molecule has 0 radical (unpaired) electrons. The number of hydrogen-bond acceptors (Lipinski definition) is 3. The molecule has 0 aliphatic carbocycles. The van der Waals surface area contributed by atoms with Crippen molar-refractivity contribution in [3.05, 3.63) is 29.3 Å². The third kappa shape index (κ3) is 2.68. The zero-order valence-electron chi connectivity index (χ0n) is 11.6. The van der Waals surface area contributed by atoms with Gasteiger partial charge in [0, 0.05) is 19.1 Å². The summed E-state index contributed by atoms with van der Waals surface area (Å²) in [6.07, 6.45) is 2.80. The Balaban J connectivity index is 2.37. The third-order valence-electron chi connectivity index (χ3n) is 3.93. The molecule has 1 aromatic carbocycles. The molecule has 0 amide bonds. The second-order valence-electron chi connectivity index (χ2n) is 5.11. The average molecular weight is 282 g/mol. The van der Waals surface area contributed by atoms with Crippen LogP contribution >= 0.6 is 0 Å². The maximum absolute atomic E-state index is 12.7.